The van der Waals surface area contributed by atoms with Crippen LogP contribution < -0.4 is 9.47 Å². The lowest BCUT2D eigenvalue weighted by Crippen LogP contribution is -2.12. The first kappa shape index (κ1) is 25.5. The molecule has 0 aliphatic carbocycles. The predicted molar refractivity (Wildman–Crippen MR) is 120 cm³/mol. The molecule has 0 fully saturated rings. The molecule has 36 heavy (non-hydrogen) atoms. The van der Waals surface area contributed by atoms with Crippen molar-refractivity contribution >= 4 is 17.9 Å². The number of aromatic hydroxyl groups is 6. The molecule has 188 valence electrons. The smallest absolute Gasteiger partial charge is 0.343 e. The average Bonchev–Trinajstić information content (AvgIpc) is 2.82. The third kappa shape index (κ3) is 5.17. The number of ether oxygens (including phenoxy) is 3. The molecule has 6 N–H and O–H groups in total. The fraction of sp³-hybridized carbons (Fsp3) is 0.125. The molecule has 0 saturated carbocycles. The molecule has 0 amide bonds. The molecular weight excluding hydrogens is 480 g/mol. The van der Waals surface area contributed by atoms with Gasteiger partial charge in [-0.1, -0.05) is 0 Å². The van der Waals surface area contributed by atoms with Crippen molar-refractivity contribution in [2.75, 3.05) is 6.61 Å². The lowest BCUT2D eigenvalue weighted by atomic mass is 10.1. The van der Waals surface area contributed by atoms with Gasteiger partial charge in [0.2, 0.25) is 11.5 Å². The van der Waals surface area contributed by atoms with Gasteiger partial charge in [0, 0.05) is 0 Å². The molecule has 3 aromatic carbocycles. The largest absolute Gasteiger partial charge is 0.504 e. The van der Waals surface area contributed by atoms with Gasteiger partial charge in [0.15, 0.2) is 34.5 Å². The van der Waals surface area contributed by atoms with Gasteiger partial charge in [0.25, 0.3) is 0 Å². The Hall–Kier alpha value is -5.13. The second-order valence-electron chi connectivity index (χ2n) is 7.34. The van der Waals surface area contributed by atoms with E-state index >= 15 is 0 Å². The first-order chi connectivity index (χ1) is 16.9. The number of phenolic OH excluding ortho intramolecular Hbond substituents is 6. The summed E-state index contributed by atoms with van der Waals surface area (Å²) in [7, 11) is 0. The Morgan fingerprint density at radius 2 is 1.00 bits per heavy atom. The van der Waals surface area contributed by atoms with Gasteiger partial charge >= 0.3 is 17.9 Å². The predicted octanol–water partition coefficient (Wildman–Crippen LogP) is 2.84. The Morgan fingerprint density at radius 1 is 0.611 bits per heavy atom. The van der Waals surface area contributed by atoms with Gasteiger partial charge in [-0.05, 0) is 55.8 Å². The zero-order valence-electron chi connectivity index (χ0n) is 18.8. The highest BCUT2D eigenvalue weighted by Gasteiger charge is 2.23. The van der Waals surface area contributed by atoms with Crippen molar-refractivity contribution < 1.29 is 59.2 Å². The van der Waals surface area contributed by atoms with E-state index in [0.29, 0.717) is 0 Å². The summed E-state index contributed by atoms with van der Waals surface area (Å²) < 4.78 is 14.8. The van der Waals surface area contributed by atoms with E-state index in [0.717, 1.165) is 30.3 Å². The zero-order valence-corrected chi connectivity index (χ0v) is 18.8. The minimum absolute atomic E-state index is 0.0210. The van der Waals surface area contributed by atoms with Gasteiger partial charge < -0.3 is 44.8 Å². The van der Waals surface area contributed by atoms with Crippen LogP contribution in [0.5, 0.6) is 46.0 Å². The molecule has 3 rings (SSSR count). The monoisotopic (exact) mass is 500 g/mol. The molecule has 12 heteroatoms. The molecule has 0 saturated heterocycles. The van der Waals surface area contributed by atoms with Crippen LogP contribution in [0.25, 0.3) is 0 Å². The van der Waals surface area contributed by atoms with Crippen molar-refractivity contribution in [2.24, 2.45) is 0 Å². The molecule has 0 unspecified atom stereocenters. The fourth-order valence-electron chi connectivity index (χ4n) is 2.99. The maximum absolute atomic E-state index is 12.7. The van der Waals surface area contributed by atoms with E-state index in [1.807, 2.05) is 0 Å². The number of hydrogen-bond donors (Lipinski definition) is 6. The van der Waals surface area contributed by atoms with Crippen molar-refractivity contribution in [3.8, 4) is 46.0 Å². The molecule has 0 aliphatic heterocycles. The summed E-state index contributed by atoms with van der Waals surface area (Å²) in [5.41, 5.74) is -0.755. The second kappa shape index (κ2) is 10.0. The summed E-state index contributed by atoms with van der Waals surface area (Å²) in [5, 5.41) is 59.3. The number of rotatable bonds is 6. The minimum Gasteiger partial charge on any atom is -0.504 e. The highest BCUT2D eigenvalue weighted by Crippen LogP contribution is 2.40. The number of phenols is 6. The standard InChI is InChI=1S/C24H20O12/c1-3-34-22(31)12-6-15(26)20(29)17(8-12)36-24(33)13-7-16(27)21(30)18(9-13)35-23(32)11-4-10(2)19(28)14(25)5-11/h4-9,25-30H,3H2,1-2H3. The van der Waals surface area contributed by atoms with Crippen LogP contribution in [0.1, 0.15) is 43.6 Å². The number of esters is 3. The van der Waals surface area contributed by atoms with Crippen molar-refractivity contribution in [3.63, 3.8) is 0 Å². The van der Waals surface area contributed by atoms with Crippen LogP contribution in [0.15, 0.2) is 36.4 Å². The van der Waals surface area contributed by atoms with Gasteiger partial charge in [-0.25, -0.2) is 14.4 Å². The van der Waals surface area contributed by atoms with Crippen molar-refractivity contribution in [3.05, 3.63) is 58.7 Å². The molecule has 3 aromatic rings. The van der Waals surface area contributed by atoms with E-state index < -0.39 is 69.5 Å². The summed E-state index contributed by atoms with van der Waals surface area (Å²) in [6.45, 7) is 2.98. The van der Waals surface area contributed by atoms with Gasteiger partial charge in [0.05, 0.1) is 23.3 Å². The highest BCUT2D eigenvalue weighted by atomic mass is 16.6. The molecule has 0 heterocycles. The van der Waals surface area contributed by atoms with Gasteiger partial charge in [-0.2, -0.15) is 0 Å². The van der Waals surface area contributed by atoms with Gasteiger partial charge in [0.1, 0.15) is 0 Å². The first-order valence-electron chi connectivity index (χ1n) is 10.2. The van der Waals surface area contributed by atoms with Crippen LogP contribution in [0, 0.1) is 6.92 Å². The van der Waals surface area contributed by atoms with Crippen molar-refractivity contribution in [1.29, 1.82) is 0 Å². The van der Waals surface area contributed by atoms with E-state index in [-0.39, 0.29) is 23.3 Å². The second-order valence-corrected chi connectivity index (χ2v) is 7.34. The number of aryl methyl sites for hydroxylation is 1. The molecule has 0 aliphatic rings. The summed E-state index contributed by atoms with van der Waals surface area (Å²) in [4.78, 5) is 37.1. The lowest BCUT2D eigenvalue weighted by Gasteiger charge is -2.12. The summed E-state index contributed by atoms with van der Waals surface area (Å²) in [6.07, 6.45) is 0. The van der Waals surface area contributed by atoms with Crippen LogP contribution in [-0.2, 0) is 4.74 Å². The number of hydrogen-bond acceptors (Lipinski definition) is 12. The molecule has 0 aromatic heterocycles. The molecule has 0 bridgehead atoms. The highest BCUT2D eigenvalue weighted by molar-refractivity contribution is 5.96. The number of carbonyl (C=O) groups excluding carboxylic acids is 3. The molecular formula is C24H20O12. The Bertz CT molecular complexity index is 1350. The quantitative estimate of drug-likeness (QED) is 0.164. The van der Waals surface area contributed by atoms with Crippen molar-refractivity contribution in [1.82, 2.24) is 0 Å². The maximum Gasteiger partial charge on any atom is 0.343 e. The van der Waals surface area contributed by atoms with E-state index in [9.17, 15) is 45.0 Å². The normalized spacial score (nSPS) is 10.5. The summed E-state index contributed by atoms with van der Waals surface area (Å²) >= 11 is 0. The third-order valence-electron chi connectivity index (χ3n) is 4.78. The summed E-state index contributed by atoms with van der Waals surface area (Å²) in [6, 6.07) is 5.55. The molecule has 0 atom stereocenters. The molecule has 0 spiro atoms. The molecule has 12 nitrogen and oxygen atoms in total. The van der Waals surface area contributed by atoms with Crippen molar-refractivity contribution in [2.45, 2.75) is 13.8 Å². The first-order valence-corrected chi connectivity index (χ1v) is 10.2. The topological polar surface area (TPSA) is 200 Å². The van der Waals surface area contributed by atoms with Crippen LogP contribution in [-0.4, -0.2) is 55.2 Å². The Morgan fingerprint density at radius 3 is 1.42 bits per heavy atom. The van der Waals surface area contributed by atoms with Crippen LogP contribution in [0.3, 0.4) is 0 Å². The molecule has 0 radical (unpaired) electrons. The number of carbonyl (C=O) groups is 3. The SMILES string of the molecule is CCOC(=O)c1cc(O)c(O)c(OC(=O)c2cc(O)c(O)c(OC(=O)c3cc(C)c(O)c(O)c3)c2)c1. The lowest BCUT2D eigenvalue weighted by molar-refractivity contribution is 0.0523. The van der Waals surface area contributed by atoms with Crippen LogP contribution in [0.4, 0.5) is 0 Å². The minimum atomic E-state index is -1.24. The summed E-state index contributed by atoms with van der Waals surface area (Å²) in [5.74, 6) is -8.96. The van der Waals surface area contributed by atoms with Crippen LogP contribution >= 0.6 is 0 Å². The van der Waals surface area contributed by atoms with Gasteiger partial charge in [-0.3, -0.25) is 0 Å². The van der Waals surface area contributed by atoms with Crippen LogP contribution in [0.2, 0.25) is 0 Å². The zero-order chi connectivity index (χ0) is 26.7. The number of benzene rings is 3. The Labute approximate surface area is 202 Å². The Kier molecular flexibility index (Phi) is 7.09. The fourth-order valence-corrected chi connectivity index (χ4v) is 2.99. The average molecular weight is 500 g/mol. The van der Waals surface area contributed by atoms with E-state index in [2.05, 4.69) is 0 Å². The third-order valence-corrected chi connectivity index (χ3v) is 4.78. The Balaban J connectivity index is 1.91. The van der Waals surface area contributed by atoms with E-state index in [1.54, 1.807) is 6.92 Å². The van der Waals surface area contributed by atoms with E-state index in [1.165, 1.54) is 13.0 Å². The maximum atomic E-state index is 12.7. The van der Waals surface area contributed by atoms with Gasteiger partial charge in [-0.15, -0.1) is 0 Å². The van der Waals surface area contributed by atoms with E-state index in [4.69, 9.17) is 14.2 Å².